The summed E-state index contributed by atoms with van der Waals surface area (Å²) in [6.07, 6.45) is 5.33. The third-order valence-corrected chi connectivity index (χ3v) is 3.70. The van der Waals surface area contributed by atoms with Gasteiger partial charge in [-0.05, 0) is 50.0 Å². The second-order valence-corrected chi connectivity index (χ2v) is 5.19. The highest BCUT2D eigenvalue weighted by Crippen LogP contribution is 2.33. The third-order valence-electron chi connectivity index (χ3n) is 3.70. The molecule has 0 bridgehead atoms. The van der Waals surface area contributed by atoms with Gasteiger partial charge < -0.3 is 4.74 Å². The lowest BCUT2D eigenvalue weighted by Gasteiger charge is -2.11. The lowest BCUT2D eigenvalue weighted by molar-refractivity contribution is 0.153. The molecular formula is C15H22O. The van der Waals surface area contributed by atoms with Gasteiger partial charge in [0.1, 0.15) is 0 Å². The molecule has 0 heterocycles. The van der Waals surface area contributed by atoms with Gasteiger partial charge in [0.2, 0.25) is 0 Å². The predicted octanol–water partition coefficient (Wildman–Crippen LogP) is 3.60. The summed E-state index contributed by atoms with van der Waals surface area (Å²) in [6.45, 7) is 3.10. The fourth-order valence-corrected chi connectivity index (χ4v) is 2.81. The smallest absolute Gasteiger partial charge is 0.0490 e. The number of hydrogen-bond donors (Lipinski definition) is 0. The zero-order chi connectivity index (χ0) is 11.4. The molecule has 1 aliphatic rings. The van der Waals surface area contributed by atoms with E-state index >= 15 is 0 Å². The van der Waals surface area contributed by atoms with E-state index < -0.39 is 0 Å². The maximum atomic E-state index is 5.24. The van der Waals surface area contributed by atoms with E-state index in [9.17, 15) is 0 Å². The summed E-state index contributed by atoms with van der Waals surface area (Å²) >= 11 is 0. The van der Waals surface area contributed by atoms with Crippen LogP contribution in [0.15, 0.2) is 24.3 Å². The van der Waals surface area contributed by atoms with E-state index in [1.807, 2.05) is 7.11 Å². The lowest BCUT2D eigenvalue weighted by Crippen LogP contribution is -2.05. The number of rotatable bonds is 4. The van der Waals surface area contributed by atoms with Gasteiger partial charge in [-0.1, -0.05) is 29.8 Å². The van der Waals surface area contributed by atoms with E-state index in [1.165, 1.54) is 36.8 Å². The van der Waals surface area contributed by atoms with Crippen LogP contribution in [-0.4, -0.2) is 13.7 Å². The second-order valence-electron chi connectivity index (χ2n) is 5.19. The second kappa shape index (κ2) is 5.49. The highest BCUT2D eigenvalue weighted by Gasteiger charge is 2.24. The van der Waals surface area contributed by atoms with Crippen molar-refractivity contribution in [1.29, 1.82) is 0 Å². The van der Waals surface area contributed by atoms with Gasteiger partial charge in [-0.25, -0.2) is 0 Å². The molecule has 2 rings (SSSR count). The average Bonchev–Trinajstić information content (AvgIpc) is 2.70. The van der Waals surface area contributed by atoms with Gasteiger partial charge in [0.05, 0.1) is 0 Å². The zero-order valence-electron chi connectivity index (χ0n) is 10.4. The van der Waals surface area contributed by atoms with Crippen molar-refractivity contribution in [3.63, 3.8) is 0 Å². The molecule has 16 heavy (non-hydrogen) atoms. The van der Waals surface area contributed by atoms with Crippen molar-refractivity contribution in [2.75, 3.05) is 13.7 Å². The number of hydrogen-bond acceptors (Lipinski definition) is 1. The molecule has 88 valence electrons. The quantitative estimate of drug-likeness (QED) is 0.750. The highest BCUT2D eigenvalue weighted by molar-refractivity contribution is 5.21. The predicted molar refractivity (Wildman–Crippen MR) is 67.6 cm³/mol. The van der Waals surface area contributed by atoms with Crippen molar-refractivity contribution in [2.24, 2.45) is 11.8 Å². The molecular weight excluding hydrogens is 196 g/mol. The summed E-state index contributed by atoms with van der Waals surface area (Å²) in [7, 11) is 1.81. The zero-order valence-corrected chi connectivity index (χ0v) is 10.4. The van der Waals surface area contributed by atoms with Crippen LogP contribution in [0.4, 0.5) is 0 Å². The summed E-state index contributed by atoms with van der Waals surface area (Å²) in [5.41, 5.74) is 2.85. The molecule has 1 aromatic rings. The molecule has 0 radical (unpaired) electrons. The molecule has 0 saturated heterocycles. The molecule has 1 nitrogen and oxygen atoms in total. The summed E-state index contributed by atoms with van der Waals surface area (Å²) in [4.78, 5) is 0. The van der Waals surface area contributed by atoms with E-state index in [0.29, 0.717) is 0 Å². The van der Waals surface area contributed by atoms with Gasteiger partial charge in [-0.2, -0.15) is 0 Å². The van der Waals surface area contributed by atoms with Crippen LogP contribution in [0.1, 0.15) is 30.4 Å². The summed E-state index contributed by atoms with van der Waals surface area (Å²) in [5, 5.41) is 0. The van der Waals surface area contributed by atoms with Crippen molar-refractivity contribution in [3.8, 4) is 0 Å². The minimum Gasteiger partial charge on any atom is -0.384 e. The van der Waals surface area contributed by atoms with Gasteiger partial charge in [0.25, 0.3) is 0 Å². The minimum atomic E-state index is 0.806. The standard InChI is InChI=1S/C15H22O/c1-12-3-5-13(6-4-12)9-14-7-8-15(10-14)11-16-2/h3-6,14-15H,7-11H2,1-2H3. The first-order valence-corrected chi connectivity index (χ1v) is 6.32. The largest absolute Gasteiger partial charge is 0.384 e. The van der Waals surface area contributed by atoms with Crippen molar-refractivity contribution in [1.82, 2.24) is 0 Å². The van der Waals surface area contributed by atoms with Gasteiger partial charge >= 0.3 is 0 Å². The molecule has 1 aromatic carbocycles. The number of ether oxygens (including phenoxy) is 1. The van der Waals surface area contributed by atoms with E-state index in [4.69, 9.17) is 4.74 Å². The van der Waals surface area contributed by atoms with Crippen molar-refractivity contribution in [3.05, 3.63) is 35.4 Å². The van der Waals surface area contributed by atoms with Crippen LogP contribution >= 0.6 is 0 Å². The maximum absolute atomic E-state index is 5.24. The van der Waals surface area contributed by atoms with Crippen LogP contribution in [-0.2, 0) is 11.2 Å². The number of methoxy groups -OCH3 is 1. The molecule has 2 atom stereocenters. The molecule has 0 N–H and O–H groups in total. The first kappa shape index (κ1) is 11.7. The van der Waals surface area contributed by atoms with Crippen LogP contribution in [0.2, 0.25) is 0 Å². The van der Waals surface area contributed by atoms with Crippen LogP contribution in [0.25, 0.3) is 0 Å². The lowest BCUT2D eigenvalue weighted by atomic mass is 9.96. The van der Waals surface area contributed by atoms with Gasteiger partial charge in [-0.15, -0.1) is 0 Å². The Morgan fingerprint density at radius 1 is 1.12 bits per heavy atom. The fourth-order valence-electron chi connectivity index (χ4n) is 2.81. The Morgan fingerprint density at radius 2 is 1.81 bits per heavy atom. The van der Waals surface area contributed by atoms with E-state index in [-0.39, 0.29) is 0 Å². The first-order valence-electron chi connectivity index (χ1n) is 6.32. The Hall–Kier alpha value is -0.820. The average molecular weight is 218 g/mol. The Kier molecular flexibility index (Phi) is 4.00. The molecule has 2 unspecified atom stereocenters. The number of benzene rings is 1. The highest BCUT2D eigenvalue weighted by atomic mass is 16.5. The van der Waals surface area contributed by atoms with E-state index in [0.717, 1.165) is 18.4 Å². The van der Waals surface area contributed by atoms with Crippen LogP contribution in [0.5, 0.6) is 0 Å². The Morgan fingerprint density at radius 3 is 2.50 bits per heavy atom. The topological polar surface area (TPSA) is 9.23 Å². The SMILES string of the molecule is COCC1CCC(Cc2ccc(C)cc2)C1. The number of aryl methyl sites for hydroxylation is 1. The maximum Gasteiger partial charge on any atom is 0.0490 e. The van der Waals surface area contributed by atoms with Crippen LogP contribution < -0.4 is 0 Å². The molecule has 1 fully saturated rings. The van der Waals surface area contributed by atoms with E-state index in [1.54, 1.807) is 0 Å². The Balaban J connectivity index is 1.84. The van der Waals surface area contributed by atoms with Crippen LogP contribution in [0, 0.1) is 18.8 Å². The normalized spacial score (nSPS) is 24.9. The molecule has 1 heteroatoms. The molecule has 0 amide bonds. The fraction of sp³-hybridized carbons (Fsp3) is 0.600. The Bertz CT molecular complexity index is 315. The van der Waals surface area contributed by atoms with Crippen LogP contribution in [0.3, 0.4) is 0 Å². The van der Waals surface area contributed by atoms with Crippen molar-refractivity contribution in [2.45, 2.75) is 32.6 Å². The third kappa shape index (κ3) is 3.08. The molecule has 1 saturated carbocycles. The first-order chi connectivity index (χ1) is 7.78. The molecule has 0 aromatic heterocycles. The van der Waals surface area contributed by atoms with Crippen molar-refractivity contribution < 1.29 is 4.74 Å². The van der Waals surface area contributed by atoms with E-state index in [2.05, 4.69) is 31.2 Å². The van der Waals surface area contributed by atoms with Gasteiger partial charge in [-0.3, -0.25) is 0 Å². The summed E-state index contributed by atoms with van der Waals surface area (Å²) in [6, 6.07) is 8.99. The van der Waals surface area contributed by atoms with Crippen molar-refractivity contribution >= 4 is 0 Å². The molecule has 0 spiro atoms. The minimum absolute atomic E-state index is 0.806. The summed E-state index contributed by atoms with van der Waals surface area (Å²) in [5.74, 6) is 1.68. The van der Waals surface area contributed by atoms with Gasteiger partial charge in [0, 0.05) is 13.7 Å². The Labute approximate surface area is 98.8 Å². The molecule has 1 aliphatic carbocycles. The van der Waals surface area contributed by atoms with Gasteiger partial charge in [0.15, 0.2) is 0 Å². The molecule has 0 aliphatic heterocycles. The monoisotopic (exact) mass is 218 g/mol. The summed E-state index contributed by atoms with van der Waals surface area (Å²) < 4.78 is 5.24.